The number of methoxy groups -OCH3 is 1. The predicted molar refractivity (Wildman–Crippen MR) is 70.9 cm³/mol. The number of anilines is 1. The highest BCUT2D eigenvalue weighted by atomic mass is 16.5. The fraction of sp³-hybridized carbons (Fsp3) is 0.769. The van der Waals surface area contributed by atoms with Crippen LogP contribution < -0.4 is 10.2 Å². The van der Waals surface area contributed by atoms with Crippen molar-refractivity contribution in [3.63, 3.8) is 0 Å². The molecule has 2 aliphatic heterocycles. The van der Waals surface area contributed by atoms with Crippen LogP contribution in [0.25, 0.3) is 0 Å². The number of nitrogens with one attached hydrogen (secondary N) is 1. The molecule has 1 unspecified atom stereocenters. The molecule has 5 heteroatoms. The summed E-state index contributed by atoms with van der Waals surface area (Å²) < 4.78 is 7.49. The van der Waals surface area contributed by atoms with Crippen molar-refractivity contribution in [1.29, 1.82) is 0 Å². The molecule has 1 aromatic rings. The topological polar surface area (TPSA) is 42.3 Å². The highest BCUT2D eigenvalue weighted by Crippen LogP contribution is 2.32. The van der Waals surface area contributed by atoms with Crippen LogP contribution in [-0.2, 0) is 4.74 Å². The number of ether oxygens (including phenoxy) is 1. The monoisotopic (exact) mass is 250 g/mol. The molecule has 18 heavy (non-hydrogen) atoms. The molecule has 1 aromatic heterocycles. The summed E-state index contributed by atoms with van der Waals surface area (Å²) in [7, 11) is 1.75. The van der Waals surface area contributed by atoms with E-state index in [1.165, 1.54) is 6.42 Å². The Hall–Kier alpha value is -1.07. The van der Waals surface area contributed by atoms with Gasteiger partial charge in [-0.3, -0.25) is 0 Å². The molecule has 5 nitrogen and oxygen atoms in total. The minimum atomic E-state index is 0.334. The molecule has 0 aromatic carbocycles. The maximum Gasteiger partial charge on any atom is 0.206 e. The van der Waals surface area contributed by atoms with Gasteiger partial charge in [0.25, 0.3) is 0 Å². The Bertz CT molecular complexity index is 405. The molecule has 2 aliphatic rings. The number of hydrogen-bond donors (Lipinski definition) is 1. The van der Waals surface area contributed by atoms with Crippen molar-refractivity contribution < 1.29 is 4.74 Å². The van der Waals surface area contributed by atoms with E-state index in [1.807, 2.05) is 6.20 Å². The average Bonchev–Trinajstić information content (AvgIpc) is 3.04. The van der Waals surface area contributed by atoms with Crippen molar-refractivity contribution in [2.45, 2.75) is 25.4 Å². The van der Waals surface area contributed by atoms with Crippen LogP contribution in [-0.4, -0.2) is 48.9 Å². The lowest BCUT2D eigenvalue weighted by molar-refractivity contribution is 0.162. The first-order valence-electron chi connectivity index (χ1n) is 6.80. The third-order valence-corrected chi connectivity index (χ3v) is 4.23. The van der Waals surface area contributed by atoms with Crippen LogP contribution in [0.4, 0.5) is 5.95 Å². The Labute approximate surface area is 108 Å². The van der Waals surface area contributed by atoms with Gasteiger partial charge in [0.1, 0.15) is 0 Å². The van der Waals surface area contributed by atoms with E-state index in [1.54, 1.807) is 7.11 Å². The number of aromatic nitrogens is 2. The minimum absolute atomic E-state index is 0.334. The van der Waals surface area contributed by atoms with Gasteiger partial charge in [-0.15, -0.1) is 0 Å². The highest BCUT2D eigenvalue weighted by molar-refractivity contribution is 5.37. The lowest BCUT2D eigenvalue weighted by Crippen LogP contribution is -2.36. The third kappa shape index (κ3) is 1.91. The molecule has 3 atom stereocenters. The molecule has 2 fully saturated rings. The summed E-state index contributed by atoms with van der Waals surface area (Å²) in [6.45, 7) is 6.29. The molecule has 3 heterocycles. The van der Waals surface area contributed by atoms with E-state index >= 15 is 0 Å². The second kappa shape index (κ2) is 4.90. The predicted octanol–water partition coefficient (Wildman–Crippen LogP) is 0.889. The van der Waals surface area contributed by atoms with Crippen LogP contribution in [0.1, 0.15) is 19.4 Å². The molecule has 100 valence electrons. The first-order valence-corrected chi connectivity index (χ1v) is 6.80. The number of nitrogens with zero attached hydrogens (tertiary/aromatic N) is 3. The van der Waals surface area contributed by atoms with Crippen LogP contribution in [0.2, 0.25) is 0 Å². The number of fused-ring (bicyclic) bond motifs is 1. The highest BCUT2D eigenvalue weighted by Gasteiger charge is 2.39. The smallest absolute Gasteiger partial charge is 0.206 e. The third-order valence-electron chi connectivity index (χ3n) is 4.23. The van der Waals surface area contributed by atoms with Crippen LogP contribution in [0.5, 0.6) is 0 Å². The van der Waals surface area contributed by atoms with E-state index < -0.39 is 0 Å². The lowest BCUT2D eigenvalue weighted by Gasteiger charge is -2.27. The van der Waals surface area contributed by atoms with E-state index in [2.05, 4.69) is 32.9 Å². The largest absolute Gasteiger partial charge is 0.383 e. The molecule has 0 radical (unpaired) electrons. The van der Waals surface area contributed by atoms with Crippen molar-refractivity contribution in [3.8, 4) is 0 Å². The number of imidazole rings is 1. The van der Waals surface area contributed by atoms with Crippen LogP contribution >= 0.6 is 0 Å². The van der Waals surface area contributed by atoms with Crippen LogP contribution in [0, 0.1) is 5.92 Å². The van der Waals surface area contributed by atoms with Gasteiger partial charge in [-0.25, -0.2) is 4.98 Å². The zero-order valence-electron chi connectivity index (χ0n) is 11.2. The summed E-state index contributed by atoms with van der Waals surface area (Å²) in [4.78, 5) is 7.04. The Morgan fingerprint density at radius 3 is 3.28 bits per heavy atom. The molecule has 3 rings (SSSR count). The Kier molecular flexibility index (Phi) is 3.26. The number of hydrogen-bond acceptors (Lipinski definition) is 4. The summed E-state index contributed by atoms with van der Waals surface area (Å²) in [6.07, 6.45) is 5.25. The van der Waals surface area contributed by atoms with Gasteiger partial charge in [0, 0.05) is 45.2 Å². The lowest BCUT2D eigenvalue weighted by atomic mass is 10.1. The molecule has 1 N–H and O–H groups in total. The second-order valence-electron chi connectivity index (χ2n) is 5.41. The number of rotatable bonds is 4. The fourth-order valence-corrected chi connectivity index (χ4v) is 3.29. The molecule has 0 amide bonds. The fourth-order valence-electron chi connectivity index (χ4n) is 3.29. The van der Waals surface area contributed by atoms with E-state index in [9.17, 15) is 0 Å². The summed E-state index contributed by atoms with van der Waals surface area (Å²) in [5, 5.41) is 3.49. The summed E-state index contributed by atoms with van der Waals surface area (Å²) in [5.41, 5.74) is 0. The maximum atomic E-state index is 5.25. The summed E-state index contributed by atoms with van der Waals surface area (Å²) >= 11 is 0. The first kappa shape index (κ1) is 12.0. The maximum absolute atomic E-state index is 5.25. The van der Waals surface area contributed by atoms with Gasteiger partial charge in [-0.05, 0) is 19.3 Å². The molecule has 0 spiro atoms. The standard InChI is InChI=1S/C13H22N4O/c1-10(9-18-2)16-6-4-15-13(16)17-5-3-11-7-14-8-12(11)17/h4,6,10-12,14H,3,5,7-9H2,1-2H3/t10?,11-,12+/m0/s1. The summed E-state index contributed by atoms with van der Waals surface area (Å²) in [6, 6.07) is 0.960. The quantitative estimate of drug-likeness (QED) is 0.862. The minimum Gasteiger partial charge on any atom is -0.383 e. The van der Waals surface area contributed by atoms with Gasteiger partial charge in [0.2, 0.25) is 5.95 Å². The van der Waals surface area contributed by atoms with E-state index in [4.69, 9.17) is 4.74 Å². The second-order valence-corrected chi connectivity index (χ2v) is 5.41. The van der Waals surface area contributed by atoms with Crippen LogP contribution in [0.15, 0.2) is 12.4 Å². The zero-order chi connectivity index (χ0) is 12.5. The van der Waals surface area contributed by atoms with Crippen molar-refractivity contribution in [2.24, 2.45) is 5.92 Å². The van der Waals surface area contributed by atoms with E-state index in [0.29, 0.717) is 12.1 Å². The molecule has 0 bridgehead atoms. The molecular weight excluding hydrogens is 228 g/mol. The molecule has 0 aliphatic carbocycles. The SMILES string of the molecule is COCC(C)n1ccnc1N1CC[C@H]2CNC[C@H]21. The molecule has 0 saturated carbocycles. The summed E-state index contributed by atoms with van der Waals surface area (Å²) in [5.74, 6) is 1.91. The zero-order valence-corrected chi connectivity index (χ0v) is 11.2. The van der Waals surface area contributed by atoms with Crippen molar-refractivity contribution in [1.82, 2.24) is 14.9 Å². The van der Waals surface area contributed by atoms with Gasteiger partial charge in [-0.1, -0.05) is 0 Å². The van der Waals surface area contributed by atoms with Crippen LogP contribution in [0.3, 0.4) is 0 Å². The van der Waals surface area contributed by atoms with Crippen molar-refractivity contribution in [3.05, 3.63) is 12.4 Å². The average molecular weight is 250 g/mol. The van der Waals surface area contributed by atoms with Gasteiger partial charge in [0.15, 0.2) is 0 Å². The van der Waals surface area contributed by atoms with Crippen molar-refractivity contribution >= 4 is 5.95 Å². The Morgan fingerprint density at radius 2 is 2.44 bits per heavy atom. The molecular formula is C13H22N4O. The van der Waals surface area contributed by atoms with Crippen molar-refractivity contribution in [2.75, 3.05) is 38.3 Å². The molecule has 2 saturated heterocycles. The van der Waals surface area contributed by atoms with Gasteiger partial charge in [0.05, 0.1) is 12.6 Å². The Balaban J connectivity index is 1.82. The van der Waals surface area contributed by atoms with Gasteiger partial charge in [-0.2, -0.15) is 0 Å². The normalized spacial score (nSPS) is 28.7. The Morgan fingerprint density at radius 1 is 1.56 bits per heavy atom. The van der Waals surface area contributed by atoms with E-state index in [-0.39, 0.29) is 0 Å². The van der Waals surface area contributed by atoms with Gasteiger partial charge < -0.3 is 19.5 Å². The van der Waals surface area contributed by atoms with E-state index in [0.717, 1.165) is 38.1 Å². The van der Waals surface area contributed by atoms with Gasteiger partial charge >= 0.3 is 0 Å². The first-order chi connectivity index (χ1) is 8.81.